The average Bonchev–Trinajstić information content (AvgIpc) is 2.86. The molecule has 0 aliphatic carbocycles. The highest BCUT2D eigenvalue weighted by atomic mass is 35.5. The molecule has 1 amide bonds. The van der Waals surface area contributed by atoms with Crippen molar-refractivity contribution in [1.29, 1.82) is 0 Å². The molecule has 24 heavy (non-hydrogen) atoms. The lowest BCUT2D eigenvalue weighted by molar-refractivity contribution is -0.114. The molecule has 0 radical (unpaired) electrons. The lowest BCUT2D eigenvalue weighted by Crippen LogP contribution is -2.25. The molecule has 0 saturated heterocycles. The summed E-state index contributed by atoms with van der Waals surface area (Å²) in [6.07, 6.45) is -3.55. The Bertz CT molecular complexity index is 827. The van der Waals surface area contributed by atoms with Crippen LogP contribution in [0.15, 0.2) is 65.3 Å². The molecule has 0 bridgehead atoms. The minimum Gasteiger partial charge on any atom is -0.267 e. The molecular weight excluding hydrogens is 341 g/mol. The number of hydrogen-bond donors (Lipinski definition) is 0. The van der Waals surface area contributed by atoms with Gasteiger partial charge in [0.15, 0.2) is 5.71 Å². The maximum absolute atomic E-state index is 13.3. The summed E-state index contributed by atoms with van der Waals surface area (Å²) in [4.78, 5) is 12.5. The number of halogens is 4. The Morgan fingerprint density at radius 2 is 1.62 bits per heavy atom. The van der Waals surface area contributed by atoms with Crippen molar-refractivity contribution in [3.63, 3.8) is 0 Å². The second-order valence-electron chi connectivity index (χ2n) is 5.01. The van der Waals surface area contributed by atoms with E-state index >= 15 is 0 Å². The Hall–Kier alpha value is -2.60. The summed E-state index contributed by atoms with van der Waals surface area (Å²) in [5.74, 6) is -0.839. The first-order valence-corrected chi connectivity index (χ1v) is 7.27. The van der Waals surface area contributed by atoms with Gasteiger partial charge >= 0.3 is 6.18 Å². The van der Waals surface area contributed by atoms with E-state index in [1.54, 1.807) is 30.3 Å². The number of carbonyl (C=O) groups is 1. The van der Waals surface area contributed by atoms with Gasteiger partial charge in [0.25, 0.3) is 5.91 Å². The summed E-state index contributed by atoms with van der Waals surface area (Å²) in [7, 11) is 0. The van der Waals surface area contributed by atoms with Gasteiger partial charge in [0, 0.05) is 5.02 Å². The molecule has 0 fully saturated rings. The van der Waals surface area contributed by atoms with E-state index in [9.17, 15) is 18.0 Å². The van der Waals surface area contributed by atoms with Crippen LogP contribution in [0.3, 0.4) is 0 Å². The lowest BCUT2D eigenvalue weighted by atomic mass is 10.1. The van der Waals surface area contributed by atoms with Gasteiger partial charge in [-0.1, -0.05) is 41.9 Å². The zero-order valence-corrected chi connectivity index (χ0v) is 12.8. The minimum absolute atomic E-state index is 0.211. The van der Waals surface area contributed by atoms with E-state index in [0.717, 1.165) is 5.01 Å². The van der Waals surface area contributed by atoms with Gasteiger partial charge in [-0.25, -0.2) is 0 Å². The molecule has 0 atom stereocenters. The first-order valence-electron chi connectivity index (χ1n) is 6.89. The summed E-state index contributed by atoms with van der Waals surface area (Å²) in [6, 6.07) is 14.1. The number of amides is 1. The molecule has 1 heterocycles. The second-order valence-corrected chi connectivity index (χ2v) is 5.44. The number of benzene rings is 2. The van der Waals surface area contributed by atoms with Crippen LogP contribution in [-0.2, 0) is 4.79 Å². The van der Waals surface area contributed by atoms with Crippen molar-refractivity contribution in [1.82, 2.24) is 0 Å². The Morgan fingerprint density at radius 1 is 1.00 bits per heavy atom. The topological polar surface area (TPSA) is 32.7 Å². The first kappa shape index (κ1) is 16.3. The summed E-state index contributed by atoms with van der Waals surface area (Å²) >= 11 is 5.76. The fourth-order valence-electron chi connectivity index (χ4n) is 2.23. The molecule has 1 aliphatic rings. The fourth-order valence-corrected chi connectivity index (χ4v) is 2.35. The molecule has 122 valence electrons. The van der Waals surface area contributed by atoms with Crippen LogP contribution in [0.2, 0.25) is 5.02 Å². The van der Waals surface area contributed by atoms with Crippen LogP contribution >= 0.6 is 11.6 Å². The van der Waals surface area contributed by atoms with Crippen LogP contribution in [0, 0.1) is 0 Å². The van der Waals surface area contributed by atoms with Gasteiger partial charge in [0.1, 0.15) is 0 Å². The van der Waals surface area contributed by atoms with Crippen LogP contribution < -0.4 is 5.01 Å². The molecule has 1 aliphatic heterocycles. The smallest absolute Gasteiger partial charge is 0.267 e. The van der Waals surface area contributed by atoms with Crippen molar-refractivity contribution in [3.8, 4) is 0 Å². The second kappa shape index (κ2) is 6.13. The minimum atomic E-state index is -4.74. The first-order chi connectivity index (χ1) is 11.4. The molecule has 0 N–H and O–H groups in total. The highest BCUT2D eigenvalue weighted by Gasteiger charge is 2.46. The van der Waals surface area contributed by atoms with E-state index < -0.39 is 23.4 Å². The van der Waals surface area contributed by atoms with E-state index in [-0.39, 0.29) is 5.69 Å². The Labute approximate surface area is 140 Å². The highest BCUT2D eigenvalue weighted by molar-refractivity contribution is 6.34. The van der Waals surface area contributed by atoms with Crippen molar-refractivity contribution in [2.45, 2.75) is 6.18 Å². The third-order valence-corrected chi connectivity index (χ3v) is 3.58. The number of nitrogens with zero attached hydrogens (tertiary/aromatic N) is 2. The van der Waals surface area contributed by atoms with Crippen molar-refractivity contribution in [2.75, 3.05) is 5.01 Å². The Balaban J connectivity index is 2.06. The van der Waals surface area contributed by atoms with Crippen LogP contribution in [0.4, 0.5) is 18.9 Å². The van der Waals surface area contributed by atoms with E-state index in [4.69, 9.17) is 11.6 Å². The Kier molecular flexibility index (Phi) is 4.15. The average molecular weight is 351 g/mol. The normalized spacial score (nSPS) is 16.7. The molecule has 7 heteroatoms. The Morgan fingerprint density at radius 3 is 2.21 bits per heavy atom. The summed E-state index contributed by atoms with van der Waals surface area (Å²) in [5.41, 5.74) is -1.02. The van der Waals surface area contributed by atoms with Gasteiger partial charge < -0.3 is 0 Å². The monoisotopic (exact) mass is 350 g/mol. The standard InChI is InChI=1S/C17H10ClF3N2O/c18-12-6-8-13(9-7-12)23-16(24)14(15(22-23)17(19,20)21)10-11-4-2-1-3-5-11/h1-10H/b14-10-. The van der Waals surface area contributed by atoms with Crippen LogP contribution in [0.5, 0.6) is 0 Å². The maximum atomic E-state index is 13.3. The predicted molar refractivity (Wildman–Crippen MR) is 86.8 cm³/mol. The van der Waals surface area contributed by atoms with Crippen molar-refractivity contribution in [2.24, 2.45) is 5.10 Å². The van der Waals surface area contributed by atoms with E-state index in [2.05, 4.69) is 5.10 Å². The highest BCUT2D eigenvalue weighted by Crippen LogP contribution is 2.32. The van der Waals surface area contributed by atoms with Crippen LogP contribution in [0.25, 0.3) is 6.08 Å². The molecule has 2 aromatic carbocycles. The van der Waals surface area contributed by atoms with Gasteiger partial charge in [-0.2, -0.15) is 23.3 Å². The predicted octanol–water partition coefficient (Wildman–Crippen LogP) is 4.69. The molecular formula is C17H10ClF3N2O. The zero-order chi connectivity index (χ0) is 17.3. The molecule has 3 rings (SSSR count). The third-order valence-electron chi connectivity index (χ3n) is 3.33. The van der Waals surface area contributed by atoms with E-state index in [0.29, 0.717) is 10.6 Å². The number of rotatable bonds is 2. The number of alkyl halides is 3. The molecule has 0 saturated carbocycles. The SMILES string of the molecule is O=C1/C(=C\c2ccccc2)C(C(F)(F)F)=NN1c1ccc(Cl)cc1. The number of hydrogen-bond acceptors (Lipinski definition) is 2. The molecule has 0 unspecified atom stereocenters. The molecule has 0 spiro atoms. The summed E-state index contributed by atoms with van der Waals surface area (Å²) in [6.45, 7) is 0. The van der Waals surface area contributed by atoms with Crippen molar-refractivity contribution < 1.29 is 18.0 Å². The van der Waals surface area contributed by atoms with Gasteiger partial charge in [-0.05, 0) is 35.9 Å². The summed E-state index contributed by atoms with van der Waals surface area (Å²) in [5, 5.41) is 4.62. The molecule has 3 nitrogen and oxygen atoms in total. The van der Waals surface area contributed by atoms with Crippen molar-refractivity contribution >= 4 is 35.0 Å². The van der Waals surface area contributed by atoms with Crippen molar-refractivity contribution in [3.05, 3.63) is 70.8 Å². The van der Waals surface area contributed by atoms with E-state index in [1.165, 1.54) is 30.3 Å². The third kappa shape index (κ3) is 3.19. The van der Waals surface area contributed by atoms with Gasteiger partial charge in [-0.3, -0.25) is 4.79 Å². The number of anilines is 1. The number of hydrazone groups is 1. The van der Waals surface area contributed by atoms with Crippen LogP contribution in [-0.4, -0.2) is 17.8 Å². The maximum Gasteiger partial charge on any atom is 0.435 e. The quantitative estimate of drug-likeness (QED) is 0.723. The fraction of sp³-hybridized carbons (Fsp3) is 0.0588. The zero-order valence-electron chi connectivity index (χ0n) is 12.1. The molecule has 0 aromatic heterocycles. The largest absolute Gasteiger partial charge is 0.435 e. The molecule has 2 aromatic rings. The summed E-state index contributed by atoms with van der Waals surface area (Å²) < 4.78 is 39.8. The lowest BCUT2D eigenvalue weighted by Gasteiger charge is -2.11. The number of carbonyl (C=O) groups excluding carboxylic acids is 1. The van der Waals surface area contributed by atoms with Gasteiger partial charge in [0.2, 0.25) is 0 Å². The van der Waals surface area contributed by atoms with Crippen LogP contribution in [0.1, 0.15) is 5.56 Å². The van der Waals surface area contributed by atoms with E-state index in [1.807, 2.05) is 0 Å². The van der Waals surface area contributed by atoms with Gasteiger partial charge in [0.05, 0.1) is 11.3 Å². The van der Waals surface area contributed by atoms with Gasteiger partial charge in [-0.15, -0.1) is 0 Å².